The van der Waals surface area contributed by atoms with Crippen LogP contribution in [-0.4, -0.2) is 29.3 Å². The zero-order valence-corrected chi connectivity index (χ0v) is 18.5. The van der Waals surface area contributed by atoms with E-state index in [0.717, 1.165) is 16.7 Å². The monoisotopic (exact) mass is 458 g/mol. The molecule has 7 heteroatoms. The average Bonchev–Trinajstić information content (AvgIpc) is 3.15. The quantitative estimate of drug-likeness (QED) is 0.448. The minimum absolute atomic E-state index is 0.0897. The summed E-state index contributed by atoms with van der Waals surface area (Å²) < 4.78 is 6.20. The lowest BCUT2D eigenvalue weighted by Gasteiger charge is -2.30. The Morgan fingerprint density at radius 2 is 1.78 bits per heavy atom. The number of fused-ring (bicyclic) bond motifs is 1. The molecule has 0 saturated carbocycles. The van der Waals surface area contributed by atoms with Gasteiger partial charge in [0.1, 0.15) is 16.7 Å². The molecule has 0 unspecified atom stereocenters. The predicted molar refractivity (Wildman–Crippen MR) is 132 cm³/mol. The van der Waals surface area contributed by atoms with Crippen molar-refractivity contribution >= 4 is 51.9 Å². The topological polar surface area (TPSA) is 58.6 Å². The number of amides is 2. The maximum absolute atomic E-state index is 13.3. The Hall–Kier alpha value is -3.42. The summed E-state index contributed by atoms with van der Waals surface area (Å²) in [7, 11) is 0. The van der Waals surface area contributed by atoms with Gasteiger partial charge < -0.3 is 15.0 Å². The zero-order valence-electron chi connectivity index (χ0n) is 16.9. The van der Waals surface area contributed by atoms with Crippen LogP contribution in [0.1, 0.15) is 15.9 Å². The molecule has 2 aliphatic heterocycles. The number of thiocarbonyl (C=S) groups is 1. The van der Waals surface area contributed by atoms with Crippen molar-refractivity contribution in [2.75, 3.05) is 18.1 Å². The molecule has 0 spiro atoms. The molecule has 0 radical (unpaired) electrons. The van der Waals surface area contributed by atoms with Crippen LogP contribution >= 0.6 is 24.0 Å². The van der Waals surface area contributed by atoms with Gasteiger partial charge in [-0.3, -0.25) is 9.59 Å². The second kappa shape index (κ2) is 8.61. The summed E-state index contributed by atoms with van der Waals surface area (Å²) in [5, 5.41) is 2.61. The van der Waals surface area contributed by atoms with E-state index in [1.165, 1.54) is 11.8 Å². The number of carbonyl (C=O) groups is 2. The van der Waals surface area contributed by atoms with Crippen molar-refractivity contribution in [3.8, 4) is 16.9 Å². The highest BCUT2D eigenvalue weighted by Crippen LogP contribution is 2.35. The van der Waals surface area contributed by atoms with Gasteiger partial charge >= 0.3 is 0 Å². The SMILES string of the molecule is O=C1NC(=S)SC1=Cc1ccc2c(c1)N(C(=O)c1ccc(-c3ccccc3)cc1)CCO2. The molecule has 1 fully saturated rings. The van der Waals surface area contributed by atoms with Crippen molar-refractivity contribution in [2.24, 2.45) is 0 Å². The molecule has 2 amide bonds. The highest BCUT2D eigenvalue weighted by molar-refractivity contribution is 8.26. The molecule has 2 aliphatic rings. The van der Waals surface area contributed by atoms with Crippen molar-refractivity contribution in [3.05, 3.63) is 88.8 Å². The van der Waals surface area contributed by atoms with Gasteiger partial charge in [0.2, 0.25) is 0 Å². The number of benzene rings is 3. The van der Waals surface area contributed by atoms with E-state index in [9.17, 15) is 9.59 Å². The molecule has 5 rings (SSSR count). The summed E-state index contributed by atoms with van der Waals surface area (Å²) in [6.45, 7) is 0.874. The molecule has 3 aromatic rings. The molecule has 32 heavy (non-hydrogen) atoms. The lowest BCUT2D eigenvalue weighted by atomic mass is 10.0. The number of rotatable bonds is 3. The summed E-state index contributed by atoms with van der Waals surface area (Å²) in [6.07, 6.45) is 1.77. The van der Waals surface area contributed by atoms with Crippen molar-refractivity contribution in [1.29, 1.82) is 0 Å². The predicted octanol–water partition coefficient (Wildman–Crippen LogP) is 4.88. The molecular weight excluding hydrogens is 440 g/mol. The zero-order chi connectivity index (χ0) is 22.1. The van der Waals surface area contributed by atoms with Gasteiger partial charge in [0, 0.05) is 5.56 Å². The summed E-state index contributed by atoms with van der Waals surface area (Å²) >= 11 is 6.28. The maximum atomic E-state index is 13.3. The number of nitrogens with zero attached hydrogens (tertiary/aromatic N) is 1. The minimum Gasteiger partial charge on any atom is -0.490 e. The van der Waals surface area contributed by atoms with E-state index in [-0.39, 0.29) is 11.8 Å². The Labute approximate surface area is 195 Å². The van der Waals surface area contributed by atoms with Gasteiger partial charge in [-0.25, -0.2) is 0 Å². The van der Waals surface area contributed by atoms with Gasteiger partial charge in [-0.1, -0.05) is 72.5 Å². The van der Waals surface area contributed by atoms with Gasteiger partial charge in [-0.15, -0.1) is 0 Å². The molecule has 3 aromatic carbocycles. The Kier molecular flexibility index (Phi) is 5.51. The molecule has 0 aliphatic carbocycles. The lowest BCUT2D eigenvalue weighted by Crippen LogP contribution is -2.38. The maximum Gasteiger partial charge on any atom is 0.263 e. The van der Waals surface area contributed by atoms with E-state index in [4.69, 9.17) is 17.0 Å². The Morgan fingerprint density at radius 3 is 2.50 bits per heavy atom. The number of carbonyl (C=O) groups excluding carboxylic acids is 2. The van der Waals surface area contributed by atoms with Crippen molar-refractivity contribution in [1.82, 2.24) is 5.32 Å². The number of hydrogen-bond donors (Lipinski definition) is 1. The lowest BCUT2D eigenvalue weighted by molar-refractivity contribution is -0.115. The minimum atomic E-state index is -0.208. The first-order chi connectivity index (χ1) is 15.6. The van der Waals surface area contributed by atoms with Crippen LogP contribution in [0, 0.1) is 0 Å². The summed E-state index contributed by atoms with van der Waals surface area (Å²) in [5.74, 6) is 0.347. The average molecular weight is 459 g/mol. The van der Waals surface area contributed by atoms with Crippen LogP contribution in [0.5, 0.6) is 5.75 Å². The Bertz CT molecular complexity index is 1250. The Morgan fingerprint density at radius 1 is 1.03 bits per heavy atom. The molecule has 1 N–H and O–H groups in total. The van der Waals surface area contributed by atoms with E-state index >= 15 is 0 Å². The number of anilines is 1. The first-order valence-corrected chi connectivity index (χ1v) is 11.3. The third kappa shape index (κ3) is 4.04. The standard InChI is InChI=1S/C25H18N2O3S2/c28-23-22(32-25(31)26-23)15-16-6-11-21-20(14-16)27(12-13-30-21)24(29)19-9-7-18(8-10-19)17-4-2-1-3-5-17/h1-11,14-15H,12-13H2,(H,26,28,31). The summed E-state index contributed by atoms with van der Waals surface area (Å²) in [5.41, 5.74) is 4.26. The molecule has 0 aromatic heterocycles. The molecule has 2 heterocycles. The third-order valence-corrected chi connectivity index (χ3v) is 6.43. The molecule has 0 bridgehead atoms. The van der Waals surface area contributed by atoms with Gasteiger partial charge in [0.15, 0.2) is 0 Å². The number of thioether (sulfide) groups is 1. The van der Waals surface area contributed by atoms with Crippen LogP contribution in [0.2, 0.25) is 0 Å². The first kappa shape index (κ1) is 20.5. The first-order valence-electron chi connectivity index (χ1n) is 10.1. The van der Waals surface area contributed by atoms with Gasteiger partial charge in [-0.2, -0.15) is 0 Å². The fourth-order valence-electron chi connectivity index (χ4n) is 3.70. The van der Waals surface area contributed by atoms with Crippen LogP contribution < -0.4 is 15.0 Å². The van der Waals surface area contributed by atoms with E-state index < -0.39 is 0 Å². The van der Waals surface area contributed by atoms with Crippen molar-refractivity contribution in [3.63, 3.8) is 0 Å². The van der Waals surface area contributed by atoms with E-state index in [1.807, 2.05) is 72.8 Å². The van der Waals surface area contributed by atoms with E-state index in [1.54, 1.807) is 11.0 Å². The molecule has 158 valence electrons. The summed E-state index contributed by atoms with van der Waals surface area (Å²) in [4.78, 5) is 27.6. The highest BCUT2D eigenvalue weighted by Gasteiger charge is 2.26. The third-order valence-electron chi connectivity index (χ3n) is 5.27. The second-order valence-corrected chi connectivity index (χ2v) is 9.05. The number of ether oxygens (including phenoxy) is 1. The van der Waals surface area contributed by atoms with Crippen LogP contribution in [0.4, 0.5) is 5.69 Å². The molecule has 0 atom stereocenters. The number of hydrogen-bond acceptors (Lipinski definition) is 5. The number of nitrogens with one attached hydrogen (secondary N) is 1. The van der Waals surface area contributed by atoms with Crippen molar-refractivity contribution < 1.29 is 14.3 Å². The molecule has 5 nitrogen and oxygen atoms in total. The fourth-order valence-corrected chi connectivity index (χ4v) is 4.74. The van der Waals surface area contributed by atoms with Crippen LogP contribution in [0.3, 0.4) is 0 Å². The van der Waals surface area contributed by atoms with Crippen LogP contribution in [0.25, 0.3) is 17.2 Å². The smallest absolute Gasteiger partial charge is 0.263 e. The summed E-state index contributed by atoms with van der Waals surface area (Å²) in [6, 6.07) is 23.2. The van der Waals surface area contributed by atoms with Gasteiger partial charge in [0.05, 0.1) is 17.1 Å². The molecular formula is C25H18N2O3S2. The Balaban J connectivity index is 1.43. The second-order valence-electron chi connectivity index (χ2n) is 7.33. The highest BCUT2D eigenvalue weighted by atomic mass is 32.2. The van der Waals surface area contributed by atoms with Crippen LogP contribution in [0.15, 0.2) is 77.7 Å². The normalized spacial score (nSPS) is 16.5. The van der Waals surface area contributed by atoms with Gasteiger partial charge in [-0.05, 0) is 47.0 Å². The molecule has 1 saturated heterocycles. The van der Waals surface area contributed by atoms with Crippen molar-refractivity contribution in [2.45, 2.75) is 0 Å². The van der Waals surface area contributed by atoms with E-state index in [2.05, 4.69) is 5.32 Å². The van der Waals surface area contributed by atoms with Crippen LogP contribution in [-0.2, 0) is 4.79 Å². The fraction of sp³-hybridized carbons (Fsp3) is 0.0800. The largest absolute Gasteiger partial charge is 0.490 e. The van der Waals surface area contributed by atoms with E-state index in [0.29, 0.717) is 39.4 Å². The van der Waals surface area contributed by atoms with Gasteiger partial charge in [0.25, 0.3) is 11.8 Å².